The van der Waals surface area contributed by atoms with Crippen LogP contribution in [0.15, 0.2) is 60.9 Å². The molecule has 1 aliphatic heterocycles. The summed E-state index contributed by atoms with van der Waals surface area (Å²) in [6, 6.07) is 13.4. The monoisotopic (exact) mass is 546 g/mol. The first-order valence-electron chi connectivity index (χ1n) is 12.7. The third-order valence-corrected chi connectivity index (χ3v) is 7.34. The lowest BCUT2D eigenvalue weighted by atomic mass is 9.95. The van der Waals surface area contributed by atoms with Gasteiger partial charge >= 0.3 is 0 Å². The summed E-state index contributed by atoms with van der Waals surface area (Å²) in [6.07, 6.45) is 4.98. The molecule has 0 unspecified atom stereocenters. The van der Waals surface area contributed by atoms with E-state index in [0.29, 0.717) is 47.6 Å². The van der Waals surface area contributed by atoms with Crippen molar-refractivity contribution in [1.82, 2.24) is 20.1 Å². The Hall–Kier alpha value is -4.24. The van der Waals surface area contributed by atoms with Gasteiger partial charge < -0.3 is 16.4 Å². The molecule has 0 radical (unpaired) electrons. The van der Waals surface area contributed by atoms with Gasteiger partial charge in [-0.05, 0) is 61.7 Å². The van der Waals surface area contributed by atoms with Gasteiger partial charge in [0.1, 0.15) is 5.69 Å². The molecule has 8 nitrogen and oxygen atoms in total. The van der Waals surface area contributed by atoms with Crippen LogP contribution in [-0.2, 0) is 4.79 Å². The second kappa shape index (κ2) is 10.9. The Labute approximate surface area is 230 Å². The van der Waals surface area contributed by atoms with E-state index in [2.05, 4.69) is 20.7 Å². The molecule has 2 aromatic carbocycles. The first kappa shape index (κ1) is 26.4. The number of pyridine rings is 1. The fraction of sp³-hybridized carbons (Fsp3) is 0.241. The Morgan fingerprint density at radius 1 is 1.21 bits per heavy atom. The zero-order valence-corrected chi connectivity index (χ0v) is 22.3. The van der Waals surface area contributed by atoms with Crippen LogP contribution in [0, 0.1) is 18.7 Å². The number of hydrogen-bond acceptors (Lipinski definition) is 5. The number of nitrogens with zero attached hydrogens (tertiary/aromatic N) is 3. The molecule has 4 aromatic rings. The number of nitrogens with one attached hydrogen (secondary N) is 2. The van der Waals surface area contributed by atoms with Crippen molar-refractivity contribution in [3.63, 3.8) is 0 Å². The van der Waals surface area contributed by atoms with Crippen molar-refractivity contribution in [2.24, 2.45) is 5.92 Å². The minimum absolute atomic E-state index is 0.0280. The lowest BCUT2D eigenvalue weighted by Gasteiger charge is -2.22. The van der Waals surface area contributed by atoms with E-state index >= 15 is 0 Å². The molecule has 0 spiro atoms. The fourth-order valence-electron chi connectivity index (χ4n) is 4.80. The predicted octanol–water partition coefficient (Wildman–Crippen LogP) is 5.85. The van der Waals surface area contributed by atoms with E-state index in [1.807, 2.05) is 25.1 Å². The number of carbonyl (C=O) groups excluding carboxylic acids is 2. The van der Waals surface area contributed by atoms with Gasteiger partial charge in [-0.25, -0.2) is 9.07 Å². The second-order valence-corrected chi connectivity index (χ2v) is 10.2. The number of nitrogens with two attached hydrogens (primary N) is 1. The summed E-state index contributed by atoms with van der Waals surface area (Å²) in [5, 5.41) is 10.3. The van der Waals surface area contributed by atoms with Gasteiger partial charge in [0.2, 0.25) is 5.91 Å². The van der Waals surface area contributed by atoms with E-state index in [0.717, 1.165) is 11.1 Å². The van der Waals surface area contributed by atoms with Gasteiger partial charge in [-0.15, -0.1) is 0 Å². The molecule has 2 amide bonds. The van der Waals surface area contributed by atoms with Gasteiger partial charge in [-0.2, -0.15) is 5.10 Å². The van der Waals surface area contributed by atoms with Crippen molar-refractivity contribution < 1.29 is 14.0 Å². The van der Waals surface area contributed by atoms with Crippen LogP contribution in [0.1, 0.15) is 54.0 Å². The average molecular weight is 547 g/mol. The summed E-state index contributed by atoms with van der Waals surface area (Å²) in [5.74, 6) is -1.30. The quantitative estimate of drug-likeness (QED) is 0.279. The molecule has 2 aromatic heterocycles. The van der Waals surface area contributed by atoms with Crippen LogP contribution in [0.3, 0.4) is 0 Å². The smallest absolute Gasteiger partial charge is 0.255 e. The Morgan fingerprint density at radius 2 is 2.03 bits per heavy atom. The number of rotatable bonds is 3. The fourth-order valence-corrected chi connectivity index (χ4v) is 4.97. The van der Waals surface area contributed by atoms with Gasteiger partial charge in [-0.1, -0.05) is 37.1 Å². The second-order valence-electron chi connectivity index (χ2n) is 9.75. The van der Waals surface area contributed by atoms with Crippen LogP contribution in [0.4, 0.5) is 15.8 Å². The number of benzene rings is 2. The Bertz CT molecular complexity index is 1570. The summed E-state index contributed by atoms with van der Waals surface area (Å²) in [6.45, 7) is 3.58. The van der Waals surface area contributed by atoms with E-state index in [-0.39, 0.29) is 28.4 Å². The molecule has 10 heteroatoms. The maximum absolute atomic E-state index is 14.6. The molecule has 2 atom stereocenters. The zero-order valence-electron chi connectivity index (χ0n) is 21.5. The summed E-state index contributed by atoms with van der Waals surface area (Å²) < 4.78 is 16.0. The molecule has 3 heterocycles. The predicted molar refractivity (Wildman–Crippen MR) is 149 cm³/mol. The Kier molecular flexibility index (Phi) is 7.34. The van der Waals surface area contributed by atoms with Crippen LogP contribution in [0.2, 0.25) is 5.02 Å². The topological polar surface area (TPSA) is 115 Å². The molecule has 5 rings (SSSR count). The van der Waals surface area contributed by atoms with Gasteiger partial charge in [0.25, 0.3) is 5.91 Å². The van der Waals surface area contributed by atoms with E-state index < -0.39 is 11.9 Å². The van der Waals surface area contributed by atoms with E-state index in [9.17, 15) is 14.0 Å². The molecule has 39 heavy (non-hydrogen) atoms. The van der Waals surface area contributed by atoms with Crippen LogP contribution in [-0.4, -0.2) is 26.6 Å². The highest BCUT2D eigenvalue weighted by Gasteiger charge is 2.24. The number of hydrogen-bond donors (Lipinski definition) is 3. The van der Waals surface area contributed by atoms with E-state index in [4.69, 9.17) is 17.3 Å². The number of aromatic nitrogens is 3. The number of halogens is 2. The standard InChI is InChI=1S/C29H28ClFN6O2/c1-16-5-3-7-23(25-13-18(11-12-33-25)20-10-9-19(32)14-24(20)36-28(16)38)35-29(39)21-15-34-37(17(21)2)26-8-4-6-22(30)27(26)31/h4,6,8-16,23H,3,5,7,32H2,1-2H3,(H,35,39)(H,36,38)/t16-,23-/m0/s1. The maximum Gasteiger partial charge on any atom is 0.255 e. The molecular formula is C29H28ClFN6O2. The highest BCUT2D eigenvalue weighted by Crippen LogP contribution is 2.33. The van der Waals surface area contributed by atoms with Crippen LogP contribution < -0.4 is 16.4 Å². The third-order valence-electron chi connectivity index (χ3n) is 7.05. The van der Waals surface area contributed by atoms with Gasteiger partial charge in [-0.3, -0.25) is 14.6 Å². The number of fused-ring (bicyclic) bond motifs is 4. The molecule has 4 N–H and O–H groups in total. The van der Waals surface area contributed by atoms with Crippen molar-refractivity contribution in [1.29, 1.82) is 0 Å². The van der Waals surface area contributed by atoms with Gasteiger partial charge in [0.05, 0.1) is 39.9 Å². The molecule has 0 saturated carbocycles. The number of amides is 2. The lowest BCUT2D eigenvalue weighted by molar-refractivity contribution is -0.119. The summed E-state index contributed by atoms with van der Waals surface area (Å²) >= 11 is 5.95. The molecule has 0 saturated heterocycles. The van der Waals surface area contributed by atoms with Crippen LogP contribution >= 0.6 is 11.6 Å². The maximum atomic E-state index is 14.6. The minimum Gasteiger partial charge on any atom is -0.399 e. The van der Waals surface area contributed by atoms with Crippen molar-refractivity contribution in [2.45, 2.75) is 39.2 Å². The third kappa shape index (κ3) is 5.35. The Balaban J connectivity index is 1.49. The highest BCUT2D eigenvalue weighted by atomic mass is 35.5. The molecule has 200 valence electrons. The molecule has 0 fully saturated rings. The first-order chi connectivity index (χ1) is 18.7. The van der Waals surface area contributed by atoms with Crippen LogP contribution in [0.5, 0.6) is 0 Å². The number of nitrogen functional groups attached to an aromatic ring is 1. The van der Waals surface area contributed by atoms with E-state index in [1.54, 1.807) is 37.4 Å². The van der Waals surface area contributed by atoms with Gasteiger partial charge in [0, 0.05) is 23.4 Å². The number of carbonyl (C=O) groups is 2. The van der Waals surface area contributed by atoms with Crippen molar-refractivity contribution in [2.75, 3.05) is 11.1 Å². The Morgan fingerprint density at radius 3 is 2.85 bits per heavy atom. The van der Waals surface area contributed by atoms with Crippen molar-refractivity contribution >= 4 is 34.8 Å². The molecule has 0 aliphatic carbocycles. The lowest BCUT2D eigenvalue weighted by Crippen LogP contribution is -2.30. The summed E-state index contributed by atoms with van der Waals surface area (Å²) in [5.41, 5.74) is 10.5. The van der Waals surface area contributed by atoms with Crippen molar-refractivity contribution in [3.8, 4) is 16.8 Å². The highest BCUT2D eigenvalue weighted by molar-refractivity contribution is 6.30. The molecule has 1 aliphatic rings. The summed E-state index contributed by atoms with van der Waals surface area (Å²) in [7, 11) is 0. The summed E-state index contributed by atoms with van der Waals surface area (Å²) in [4.78, 5) is 30.9. The van der Waals surface area contributed by atoms with Gasteiger partial charge in [0.15, 0.2) is 5.82 Å². The largest absolute Gasteiger partial charge is 0.399 e. The van der Waals surface area contributed by atoms with Crippen LogP contribution in [0.25, 0.3) is 16.8 Å². The SMILES string of the molecule is Cc1c(C(=O)N[C@H]2CCC[C@H](C)C(=O)Nc3cc(N)ccc3-c3ccnc2c3)cnn1-c1cccc(Cl)c1F. The first-order valence-corrected chi connectivity index (χ1v) is 13.1. The molecular weight excluding hydrogens is 519 g/mol. The van der Waals surface area contributed by atoms with E-state index in [1.165, 1.54) is 16.9 Å². The number of anilines is 2. The average Bonchev–Trinajstić information content (AvgIpc) is 3.30. The normalized spacial score (nSPS) is 17.4. The molecule has 2 bridgehead atoms. The van der Waals surface area contributed by atoms with Crippen molar-refractivity contribution in [3.05, 3.63) is 88.7 Å². The zero-order chi connectivity index (χ0) is 27.7. The minimum atomic E-state index is -0.613.